The van der Waals surface area contributed by atoms with Crippen molar-refractivity contribution in [2.75, 3.05) is 14.2 Å². The van der Waals surface area contributed by atoms with Crippen molar-refractivity contribution in [1.29, 1.82) is 0 Å². The molecule has 0 spiro atoms. The first-order valence-corrected chi connectivity index (χ1v) is 15.0. The molecule has 0 radical (unpaired) electrons. The molecule has 4 rings (SSSR count). The summed E-state index contributed by atoms with van der Waals surface area (Å²) >= 11 is 0. The van der Waals surface area contributed by atoms with Gasteiger partial charge in [0.2, 0.25) is 10.0 Å². The minimum absolute atomic E-state index is 0.0118. The van der Waals surface area contributed by atoms with Crippen LogP contribution in [-0.2, 0) is 39.7 Å². The van der Waals surface area contributed by atoms with Gasteiger partial charge in [0, 0.05) is 18.7 Å². The zero-order chi connectivity index (χ0) is 27.9. The number of ether oxygens (including phenoxy) is 2. The number of benzene rings is 4. The van der Waals surface area contributed by atoms with Crippen LogP contribution in [0.15, 0.2) is 117 Å². The van der Waals surface area contributed by atoms with Crippen LogP contribution >= 0.6 is 0 Å². The van der Waals surface area contributed by atoms with Gasteiger partial charge in [-0.2, -0.15) is 4.31 Å². The van der Waals surface area contributed by atoms with Crippen molar-refractivity contribution in [3.05, 3.63) is 120 Å². The monoisotopic (exact) mass is 566 g/mol. The van der Waals surface area contributed by atoms with Gasteiger partial charge in [0.15, 0.2) is 10.0 Å². The fourth-order valence-corrected chi connectivity index (χ4v) is 6.35. The Morgan fingerprint density at radius 1 is 0.718 bits per heavy atom. The SMILES string of the molecule is COc1cccc(CN(Cc2ccccc2OC)S(=O)(=O)c2ccc(S(=O)(O)=NCc3ccccc3)cc2)c1. The zero-order valence-corrected chi connectivity index (χ0v) is 23.3. The highest BCUT2D eigenvalue weighted by atomic mass is 32.2. The number of methoxy groups -OCH3 is 2. The van der Waals surface area contributed by atoms with Crippen LogP contribution in [0.4, 0.5) is 0 Å². The minimum Gasteiger partial charge on any atom is -0.497 e. The van der Waals surface area contributed by atoms with Gasteiger partial charge in [-0.25, -0.2) is 17.0 Å². The zero-order valence-electron chi connectivity index (χ0n) is 21.6. The Balaban J connectivity index is 1.66. The summed E-state index contributed by atoms with van der Waals surface area (Å²) in [5.41, 5.74) is 2.23. The van der Waals surface area contributed by atoms with E-state index in [9.17, 15) is 17.2 Å². The maximum Gasteiger partial charge on any atom is 0.243 e. The number of nitrogens with zero attached hydrogens (tertiary/aromatic N) is 2. The molecule has 0 aliphatic heterocycles. The number of rotatable bonds is 11. The van der Waals surface area contributed by atoms with Crippen LogP contribution in [0.25, 0.3) is 0 Å². The Kier molecular flexibility index (Phi) is 9.03. The fraction of sp³-hybridized carbons (Fsp3) is 0.172. The van der Waals surface area contributed by atoms with Gasteiger partial charge in [0.1, 0.15) is 11.5 Å². The minimum atomic E-state index is -4.03. The lowest BCUT2D eigenvalue weighted by Crippen LogP contribution is -2.30. The molecule has 0 aliphatic carbocycles. The van der Waals surface area contributed by atoms with Crippen molar-refractivity contribution in [2.24, 2.45) is 4.36 Å². The highest BCUT2D eigenvalue weighted by molar-refractivity contribution is 7.89. The van der Waals surface area contributed by atoms with Gasteiger partial charge in [-0.05, 0) is 53.6 Å². The summed E-state index contributed by atoms with van der Waals surface area (Å²) in [6.45, 7) is 0.181. The second-order valence-electron chi connectivity index (χ2n) is 8.68. The quantitative estimate of drug-likeness (QED) is 0.254. The van der Waals surface area contributed by atoms with E-state index >= 15 is 0 Å². The van der Waals surface area contributed by atoms with Crippen molar-refractivity contribution in [2.45, 2.75) is 29.4 Å². The van der Waals surface area contributed by atoms with Crippen molar-refractivity contribution >= 4 is 20.0 Å². The molecular weight excluding hydrogens is 536 g/mol. The number of para-hydroxylation sites is 1. The maximum absolute atomic E-state index is 13.9. The lowest BCUT2D eigenvalue weighted by molar-refractivity contribution is 0.374. The van der Waals surface area contributed by atoms with E-state index in [2.05, 4.69) is 4.36 Å². The Morgan fingerprint density at radius 3 is 2.05 bits per heavy atom. The average molecular weight is 567 g/mol. The van der Waals surface area contributed by atoms with Crippen LogP contribution in [0.3, 0.4) is 0 Å². The Morgan fingerprint density at radius 2 is 1.36 bits per heavy atom. The molecule has 10 heteroatoms. The molecule has 1 atom stereocenters. The highest BCUT2D eigenvalue weighted by Gasteiger charge is 2.26. The van der Waals surface area contributed by atoms with Crippen molar-refractivity contribution in [1.82, 2.24) is 4.31 Å². The van der Waals surface area contributed by atoms with Crippen molar-refractivity contribution in [3.63, 3.8) is 0 Å². The topological polar surface area (TPSA) is 106 Å². The van der Waals surface area contributed by atoms with E-state index in [0.29, 0.717) is 17.1 Å². The summed E-state index contributed by atoms with van der Waals surface area (Å²) in [6, 6.07) is 28.9. The Hall–Kier alpha value is -3.70. The lowest BCUT2D eigenvalue weighted by Gasteiger charge is -2.24. The summed E-state index contributed by atoms with van der Waals surface area (Å²) in [7, 11) is -4.66. The van der Waals surface area contributed by atoms with Crippen LogP contribution in [-0.4, -0.2) is 35.7 Å². The van der Waals surface area contributed by atoms with Crippen LogP contribution in [0.2, 0.25) is 0 Å². The van der Waals surface area contributed by atoms with E-state index in [1.54, 1.807) is 31.4 Å². The predicted molar refractivity (Wildman–Crippen MR) is 150 cm³/mol. The highest BCUT2D eigenvalue weighted by Crippen LogP contribution is 2.27. The molecule has 0 amide bonds. The number of sulfonamides is 1. The molecular formula is C29H30N2O6S2. The van der Waals surface area contributed by atoms with Gasteiger partial charge in [0.05, 0.1) is 30.6 Å². The summed E-state index contributed by atoms with van der Waals surface area (Å²) in [5, 5.41) is 0. The molecule has 1 unspecified atom stereocenters. The molecule has 8 nitrogen and oxygen atoms in total. The second-order valence-corrected chi connectivity index (χ2v) is 12.3. The van der Waals surface area contributed by atoms with Gasteiger partial charge in [-0.15, -0.1) is 0 Å². The van der Waals surface area contributed by atoms with Crippen LogP contribution in [0.5, 0.6) is 11.5 Å². The van der Waals surface area contributed by atoms with Crippen LogP contribution < -0.4 is 9.47 Å². The molecule has 204 valence electrons. The molecule has 0 saturated heterocycles. The van der Waals surface area contributed by atoms with E-state index < -0.39 is 20.0 Å². The number of hydrogen-bond donors (Lipinski definition) is 1. The fourth-order valence-electron chi connectivity index (χ4n) is 3.98. The third-order valence-electron chi connectivity index (χ3n) is 6.07. The third kappa shape index (κ3) is 7.04. The smallest absolute Gasteiger partial charge is 0.243 e. The summed E-state index contributed by atoms with van der Waals surface area (Å²) in [4.78, 5) is 0.0174. The van der Waals surface area contributed by atoms with E-state index in [-0.39, 0.29) is 29.4 Å². The first-order chi connectivity index (χ1) is 18.7. The second kappa shape index (κ2) is 12.4. The molecule has 4 aromatic carbocycles. The van der Waals surface area contributed by atoms with Crippen LogP contribution in [0.1, 0.15) is 16.7 Å². The molecule has 1 N–H and O–H groups in total. The largest absolute Gasteiger partial charge is 0.497 e. The summed E-state index contributed by atoms with van der Waals surface area (Å²) < 4.78 is 67.2. The van der Waals surface area contributed by atoms with E-state index in [0.717, 1.165) is 11.1 Å². The molecule has 39 heavy (non-hydrogen) atoms. The van der Waals surface area contributed by atoms with Gasteiger partial charge >= 0.3 is 0 Å². The standard InChI is InChI=1S/C29H30N2O6S2/c1-36-26-13-8-11-24(19-26)21-31(22-25-12-6-7-14-29(25)37-2)39(34,35)28-17-15-27(16-18-28)38(32,33)30-20-23-9-4-3-5-10-23/h3-19H,20-22H2,1-2H3,(H,30,32,33). The molecule has 0 aromatic heterocycles. The average Bonchev–Trinajstić information content (AvgIpc) is 2.97. The van der Waals surface area contributed by atoms with Gasteiger partial charge in [-0.3, -0.25) is 4.55 Å². The van der Waals surface area contributed by atoms with Gasteiger partial charge < -0.3 is 9.47 Å². The number of hydrogen-bond acceptors (Lipinski definition) is 6. The lowest BCUT2D eigenvalue weighted by atomic mass is 10.2. The molecule has 0 fully saturated rings. The molecule has 4 aromatic rings. The molecule has 0 heterocycles. The van der Waals surface area contributed by atoms with Gasteiger partial charge in [-0.1, -0.05) is 60.7 Å². The molecule has 0 aliphatic rings. The maximum atomic E-state index is 13.9. The first kappa shape index (κ1) is 28.3. The Bertz CT molecular complexity index is 1630. The third-order valence-corrected chi connectivity index (χ3v) is 9.24. The summed E-state index contributed by atoms with van der Waals surface area (Å²) in [5.74, 6) is 1.18. The van der Waals surface area contributed by atoms with Crippen molar-refractivity contribution in [3.8, 4) is 11.5 Å². The van der Waals surface area contributed by atoms with E-state index in [1.807, 2.05) is 54.6 Å². The molecule has 0 saturated carbocycles. The predicted octanol–water partition coefficient (Wildman–Crippen LogP) is 5.60. The van der Waals surface area contributed by atoms with Gasteiger partial charge in [0.25, 0.3) is 0 Å². The Labute approximate surface area is 229 Å². The van der Waals surface area contributed by atoms with E-state index in [1.165, 1.54) is 35.7 Å². The van der Waals surface area contributed by atoms with E-state index in [4.69, 9.17) is 9.47 Å². The summed E-state index contributed by atoms with van der Waals surface area (Å²) in [6.07, 6.45) is 0. The van der Waals surface area contributed by atoms with Crippen LogP contribution in [0, 0.1) is 0 Å². The first-order valence-electron chi connectivity index (χ1n) is 12.1. The normalized spacial score (nSPS) is 13.0. The molecule has 0 bridgehead atoms. The van der Waals surface area contributed by atoms with Crippen molar-refractivity contribution < 1.29 is 26.7 Å².